The summed E-state index contributed by atoms with van der Waals surface area (Å²) in [5.74, 6) is -1.02. The Morgan fingerprint density at radius 3 is 1.38 bits per heavy atom. The Kier molecular flexibility index (Phi) is 40.2. The topological polar surface area (TPSA) is 78.9 Å². The highest BCUT2D eigenvalue weighted by molar-refractivity contribution is 5.71. The van der Waals surface area contributed by atoms with Crippen molar-refractivity contribution in [3.05, 3.63) is 97.2 Å². The van der Waals surface area contributed by atoms with E-state index in [1.165, 1.54) is 38.5 Å². The van der Waals surface area contributed by atoms with Crippen molar-refractivity contribution in [2.75, 3.05) is 13.2 Å². The quantitative estimate of drug-likeness (QED) is 0.0206. The van der Waals surface area contributed by atoms with E-state index < -0.39 is 6.10 Å². The first kappa shape index (κ1) is 51.3. The second kappa shape index (κ2) is 43.1. The van der Waals surface area contributed by atoms with Crippen LogP contribution >= 0.6 is 0 Å². The molecule has 0 aromatic rings. The van der Waals surface area contributed by atoms with Gasteiger partial charge in [0, 0.05) is 19.3 Å². The van der Waals surface area contributed by atoms with E-state index in [0.717, 1.165) is 89.9 Å². The fourth-order valence-corrected chi connectivity index (χ4v) is 5.38. The highest BCUT2D eigenvalue weighted by Gasteiger charge is 2.19. The number of rotatable bonds is 37. The summed E-state index contributed by atoms with van der Waals surface area (Å²) >= 11 is 0. The van der Waals surface area contributed by atoms with Crippen molar-refractivity contribution >= 4 is 17.9 Å². The SMILES string of the molecule is CC\C=C/C=C\C=C/CCCCCCCCCC(=O)OCC(COC(=O)CCCCC/C=C\C=C/CCCC)OC(=O)CCC/C=C\C/C=C\C/C=C\CC. The number of hydrogen-bond donors (Lipinski definition) is 0. The smallest absolute Gasteiger partial charge is 0.306 e. The molecule has 310 valence electrons. The van der Waals surface area contributed by atoms with E-state index in [1.807, 2.05) is 0 Å². The maximum absolute atomic E-state index is 12.7. The third-order valence-electron chi connectivity index (χ3n) is 8.64. The zero-order valence-electron chi connectivity index (χ0n) is 35.1. The highest BCUT2D eigenvalue weighted by Crippen LogP contribution is 2.12. The van der Waals surface area contributed by atoms with Gasteiger partial charge in [0.1, 0.15) is 13.2 Å². The molecule has 0 aromatic heterocycles. The van der Waals surface area contributed by atoms with Crippen LogP contribution in [0.3, 0.4) is 0 Å². The molecule has 0 radical (unpaired) electrons. The van der Waals surface area contributed by atoms with Gasteiger partial charge < -0.3 is 14.2 Å². The Bertz CT molecular complexity index is 1150. The monoisotopic (exact) mass is 763 g/mol. The van der Waals surface area contributed by atoms with E-state index in [2.05, 4.69) is 118 Å². The van der Waals surface area contributed by atoms with E-state index in [4.69, 9.17) is 14.2 Å². The third-order valence-corrected chi connectivity index (χ3v) is 8.64. The van der Waals surface area contributed by atoms with Crippen molar-refractivity contribution in [1.82, 2.24) is 0 Å². The first-order valence-corrected chi connectivity index (χ1v) is 21.8. The van der Waals surface area contributed by atoms with Crippen molar-refractivity contribution in [2.24, 2.45) is 0 Å². The zero-order chi connectivity index (χ0) is 40.1. The molecule has 0 saturated heterocycles. The summed E-state index contributed by atoms with van der Waals surface area (Å²) in [6.45, 7) is 6.22. The fourth-order valence-electron chi connectivity index (χ4n) is 5.38. The van der Waals surface area contributed by atoms with Gasteiger partial charge in [-0.3, -0.25) is 14.4 Å². The maximum Gasteiger partial charge on any atom is 0.306 e. The van der Waals surface area contributed by atoms with Gasteiger partial charge in [0.2, 0.25) is 0 Å². The number of carbonyl (C=O) groups is 3. The summed E-state index contributed by atoms with van der Waals surface area (Å²) in [5.41, 5.74) is 0. The van der Waals surface area contributed by atoms with Crippen LogP contribution in [0.15, 0.2) is 97.2 Å². The van der Waals surface area contributed by atoms with Gasteiger partial charge in [-0.1, -0.05) is 169 Å². The Balaban J connectivity index is 4.50. The number of ether oxygens (including phenoxy) is 3. The van der Waals surface area contributed by atoms with Crippen LogP contribution in [-0.4, -0.2) is 37.2 Å². The summed E-state index contributed by atoms with van der Waals surface area (Å²) < 4.78 is 16.6. The molecule has 6 heteroatoms. The highest BCUT2D eigenvalue weighted by atomic mass is 16.6. The van der Waals surface area contributed by atoms with Crippen molar-refractivity contribution in [1.29, 1.82) is 0 Å². The molecule has 6 nitrogen and oxygen atoms in total. The lowest BCUT2D eigenvalue weighted by Crippen LogP contribution is -2.30. The average molecular weight is 763 g/mol. The lowest BCUT2D eigenvalue weighted by Gasteiger charge is -2.18. The van der Waals surface area contributed by atoms with E-state index in [0.29, 0.717) is 19.3 Å². The van der Waals surface area contributed by atoms with Gasteiger partial charge in [-0.25, -0.2) is 0 Å². The standard InChI is InChI=1S/C49H78O6/c1-4-7-10-13-16-19-22-23-24-25-28-30-33-36-39-42-48(51)54-45-46(55-49(52)43-40-37-34-31-27-21-18-15-12-9-6-3)44-53-47(50)41-38-35-32-29-26-20-17-14-11-8-5-2/h7,9-10,12-14,16-22,26,31,34,46H,4-6,8,11,15,23-25,27-30,32-33,35-45H2,1-3H3/b10-7-,12-9-,16-13-,17-14-,21-18-,22-19-,26-20-,34-31-. The van der Waals surface area contributed by atoms with Crippen LogP contribution in [0, 0.1) is 0 Å². The number of allylic oxidation sites excluding steroid dienone is 16. The molecule has 0 spiro atoms. The zero-order valence-corrected chi connectivity index (χ0v) is 35.1. The van der Waals surface area contributed by atoms with E-state index in [-0.39, 0.29) is 37.5 Å². The Morgan fingerprint density at radius 1 is 0.400 bits per heavy atom. The summed E-state index contributed by atoms with van der Waals surface area (Å²) in [5, 5.41) is 0. The minimum atomic E-state index is -0.817. The normalized spacial score (nSPS) is 13.0. The second-order valence-electron chi connectivity index (χ2n) is 13.9. The Hall–Kier alpha value is -3.67. The number of esters is 3. The van der Waals surface area contributed by atoms with Crippen molar-refractivity contribution in [3.8, 4) is 0 Å². The minimum Gasteiger partial charge on any atom is -0.462 e. The molecular formula is C49H78O6. The van der Waals surface area contributed by atoms with Crippen LogP contribution in [-0.2, 0) is 28.6 Å². The molecule has 55 heavy (non-hydrogen) atoms. The van der Waals surface area contributed by atoms with Crippen molar-refractivity contribution in [2.45, 2.75) is 181 Å². The van der Waals surface area contributed by atoms with Gasteiger partial charge in [-0.2, -0.15) is 0 Å². The van der Waals surface area contributed by atoms with Crippen LogP contribution < -0.4 is 0 Å². The van der Waals surface area contributed by atoms with Gasteiger partial charge in [0.05, 0.1) is 0 Å². The first-order chi connectivity index (χ1) is 27.0. The molecule has 0 amide bonds. The van der Waals surface area contributed by atoms with Gasteiger partial charge in [0.25, 0.3) is 0 Å². The molecule has 0 aliphatic heterocycles. The molecule has 0 saturated carbocycles. The molecule has 0 aliphatic carbocycles. The number of carbonyl (C=O) groups excluding carboxylic acids is 3. The van der Waals surface area contributed by atoms with Crippen LogP contribution in [0.4, 0.5) is 0 Å². The van der Waals surface area contributed by atoms with Crippen LogP contribution in [0.25, 0.3) is 0 Å². The predicted octanol–water partition coefficient (Wildman–Crippen LogP) is 13.9. The summed E-state index contributed by atoms with van der Waals surface area (Å²) in [6.07, 6.45) is 55.4. The minimum absolute atomic E-state index is 0.115. The van der Waals surface area contributed by atoms with E-state index in [1.54, 1.807) is 0 Å². The predicted molar refractivity (Wildman–Crippen MR) is 233 cm³/mol. The summed E-state index contributed by atoms with van der Waals surface area (Å²) in [6, 6.07) is 0. The van der Waals surface area contributed by atoms with Gasteiger partial charge >= 0.3 is 17.9 Å². The lowest BCUT2D eigenvalue weighted by molar-refractivity contribution is -0.167. The molecule has 0 aromatic carbocycles. The molecule has 0 bridgehead atoms. The molecule has 0 aliphatic rings. The number of hydrogen-bond acceptors (Lipinski definition) is 6. The first-order valence-electron chi connectivity index (χ1n) is 21.8. The Labute approximate surface area is 337 Å². The summed E-state index contributed by atoms with van der Waals surface area (Å²) in [4.78, 5) is 37.6. The van der Waals surface area contributed by atoms with Gasteiger partial charge in [0.15, 0.2) is 6.10 Å². The Morgan fingerprint density at radius 2 is 0.818 bits per heavy atom. The van der Waals surface area contributed by atoms with Gasteiger partial charge in [-0.05, 0) is 83.5 Å². The lowest BCUT2D eigenvalue weighted by atomic mass is 10.1. The molecule has 0 heterocycles. The largest absolute Gasteiger partial charge is 0.462 e. The van der Waals surface area contributed by atoms with Crippen LogP contribution in [0.5, 0.6) is 0 Å². The van der Waals surface area contributed by atoms with E-state index in [9.17, 15) is 14.4 Å². The average Bonchev–Trinajstić information content (AvgIpc) is 3.18. The fraction of sp³-hybridized carbons (Fsp3) is 0.612. The molecule has 0 fully saturated rings. The van der Waals surface area contributed by atoms with E-state index >= 15 is 0 Å². The second-order valence-corrected chi connectivity index (χ2v) is 13.9. The molecule has 0 N–H and O–H groups in total. The maximum atomic E-state index is 12.7. The molecule has 0 rings (SSSR count). The van der Waals surface area contributed by atoms with Gasteiger partial charge in [-0.15, -0.1) is 0 Å². The van der Waals surface area contributed by atoms with Crippen LogP contribution in [0.2, 0.25) is 0 Å². The number of unbranched alkanes of at least 4 members (excludes halogenated alkanes) is 13. The third kappa shape index (κ3) is 41.3. The molecular weight excluding hydrogens is 685 g/mol. The van der Waals surface area contributed by atoms with Crippen molar-refractivity contribution < 1.29 is 28.6 Å². The van der Waals surface area contributed by atoms with Crippen molar-refractivity contribution in [3.63, 3.8) is 0 Å². The molecule has 1 unspecified atom stereocenters. The summed E-state index contributed by atoms with van der Waals surface area (Å²) in [7, 11) is 0. The molecule has 1 atom stereocenters. The van der Waals surface area contributed by atoms with Crippen LogP contribution in [0.1, 0.15) is 175 Å².